The summed E-state index contributed by atoms with van der Waals surface area (Å²) in [5.74, 6) is -5.65. The zero-order valence-electron chi connectivity index (χ0n) is 12.5. The topological polar surface area (TPSA) is 74.7 Å². The van der Waals surface area contributed by atoms with Crippen LogP contribution in [0.2, 0.25) is 0 Å². The molecule has 1 saturated heterocycles. The fourth-order valence-corrected chi connectivity index (χ4v) is 4.15. The van der Waals surface area contributed by atoms with Crippen LogP contribution in [0.15, 0.2) is 23.1 Å². The Morgan fingerprint density at radius 2 is 1.83 bits per heavy atom. The zero-order chi connectivity index (χ0) is 17.6. The first-order valence-corrected chi connectivity index (χ1v) is 8.25. The highest BCUT2D eigenvalue weighted by Crippen LogP contribution is 2.39. The van der Waals surface area contributed by atoms with Crippen LogP contribution in [-0.2, 0) is 14.8 Å². The second-order valence-corrected chi connectivity index (χ2v) is 7.60. The van der Waals surface area contributed by atoms with Crippen molar-refractivity contribution in [2.75, 3.05) is 13.1 Å². The molecule has 1 aliphatic rings. The van der Waals surface area contributed by atoms with Crippen molar-refractivity contribution in [1.82, 2.24) is 4.31 Å². The second-order valence-electron chi connectivity index (χ2n) is 5.66. The Kier molecular flexibility index (Phi) is 4.46. The molecule has 0 amide bonds. The van der Waals surface area contributed by atoms with E-state index in [-0.39, 0.29) is 4.90 Å². The molecule has 1 aromatic carbocycles. The predicted octanol–water partition coefficient (Wildman–Crippen LogP) is 2.19. The molecule has 2 atom stereocenters. The maximum atomic E-state index is 13.0. The predicted molar refractivity (Wildman–Crippen MR) is 75.3 cm³/mol. The normalized spacial score (nSPS) is 23.2. The van der Waals surface area contributed by atoms with Gasteiger partial charge in [0.05, 0.1) is 16.7 Å². The largest absolute Gasteiger partial charge is 0.481 e. The molecule has 1 aromatic rings. The third-order valence-corrected chi connectivity index (χ3v) is 5.97. The van der Waals surface area contributed by atoms with E-state index in [2.05, 4.69) is 0 Å². The molecule has 0 bridgehead atoms. The van der Waals surface area contributed by atoms with E-state index in [1.165, 1.54) is 12.1 Å². The fourth-order valence-electron chi connectivity index (χ4n) is 2.57. The number of carbonyl (C=O) groups is 1. The van der Waals surface area contributed by atoms with Gasteiger partial charge in [0.25, 0.3) is 0 Å². The summed E-state index contributed by atoms with van der Waals surface area (Å²) in [6.45, 7) is 1.91. The van der Waals surface area contributed by atoms with Gasteiger partial charge < -0.3 is 5.11 Å². The number of sulfonamides is 1. The summed E-state index contributed by atoms with van der Waals surface area (Å²) >= 11 is 0. The van der Waals surface area contributed by atoms with Gasteiger partial charge in [-0.15, -0.1) is 0 Å². The summed E-state index contributed by atoms with van der Waals surface area (Å²) in [5, 5.41) is 8.96. The van der Waals surface area contributed by atoms with E-state index in [0.29, 0.717) is 9.87 Å². The standard InChI is InChI=1S/C14H16F3NO4S/c1-8-3-4-10(5-9(8)2)23(21,22)18-6-11(13(19)20)12(7-18)14(15,16)17/h3-5,11-12H,6-7H2,1-2H3,(H,19,20)/t11-,12-/m1/s1. The lowest BCUT2D eigenvalue weighted by molar-refractivity contribution is -0.187. The average molecular weight is 351 g/mol. The van der Waals surface area contributed by atoms with E-state index in [1.807, 2.05) is 0 Å². The van der Waals surface area contributed by atoms with Crippen LogP contribution in [0.4, 0.5) is 13.2 Å². The quantitative estimate of drug-likeness (QED) is 0.906. The number of carboxylic acid groups (broad SMARTS) is 1. The van der Waals surface area contributed by atoms with Gasteiger partial charge in [0.2, 0.25) is 10.0 Å². The smallest absolute Gasteiger partial charge is 0.393 e. The molecular formula is C14H16F3NO4S. The van der Waals surface area contributed by atoms with Crippen molar-refractivity contribution in [3.8, 4) is 0 Å². The third kappa shape index (κ3) is 3.35. The van der Waals surface area contributed by atoms with Crippen LogP contribution in [0.3, 0.4) is 0 Å². The number of hydrogen-bond acceptors (Lipinski definition) is 3. The van der Waals surface area contributed by atoms with E-state index >= 15 is 0 Å². The molecular weight excluding hydrogens is 335 g/mol. The molecule has 128 valence electrons. The first-order chi connectivity index (χ1) is 10.4. The lowest BCUT2D eigenvalue weighted by Crippen LogP contribution is -2.34. The Hall–Kier alpha value is -1.61. The van der Waals surface area contributed by atoms with E-state index in [9.17, 15) is 26.4 Å². The van der Waals surface area contributed by atoms with E-state index in [0.717, 1.165) is 5.56 Å². The molecule has 0 aromatic heterocycles. The van der Waals surface area contributed by atoms with Crippen molar-refractivity contribution in [3.05, 3.63) is 29.3 Å². The second kappa shape index (κ2) is 5.79. The molecule has 0 saturated carbocycles. The van der Waals surface area contributed by atoms with Crippen LogP contribution in [0.25, 0.3) is 0 Å². The van der Waals surface area contributed by atoms with Crippen LogP contribution in [0, 0.1) is 25.7 Å². The third-order valence-electron chi connectivity index (χ3n) is 4.14. The molecule has 23 heavy (non-hydrogen) atoms. The van der Waals surface area contributed by atoms with Crippen LogP contribution in [0.5, 0.6) is 0 Å². The molecule has 1 N–H and O–H groups in total. The van der Waals surface area contributed by atoms with Gasteiger partial charge in [0, 0.05) is 13.1 Å². The van der Waals surface area contributed by atoms with Gasteiger partial charge in [0.15, 0.2) is 0 Å². The lowest BCUT2D eigenvalue weighted by atomic mass is 9.96. The highest BCUT2D eigenvalue weighted by atomic mass is 32.2. The van der Waals surface area contributed by atoms with E-state index in [1.54, 1.807) is 19.9 Å². The molecule has 0 aliphatic carbocycles. The van der Waals surface area contributed by atoms with Crippen molar-refractivity contribution in [2.45, 2.75) is 24.9 Å². The van der Waals surface area contributed by atoms with Crippen LogP contribution in [-0.4, -0.2) is 43.1 Å². The Morgan fingerprint density at radius 3 is 2.26 bits per heavy atom. The molecule has 0 unspecified atom stereocenters. The van der Waals surface area contributed by atoms with Gasteiger partial charge in [-0.3, -0.25) is 4.79 Å². The van der Waals surface area contributed by atoms with Crippen LogP contribution < -0.4 is 0 Å². The highest BCUT2D eigenvalue weighted by Gasteiger charge is 2.54. The molecule has 1 fully saturated rings. The van der Waals surface area contributed by atoms with Crippen molar-refractivity contribution < 1.29 is 31.5 Å². The number of aliphatic carboxylic acids is 1. The van der Waals surface area contributed by atoms with Gasteiger partial charge in [-0.1, -0.05) is 6.07 Å². The molecule has 0 spiro atoms. The monoisotopic (exact) mass is 351 g/mol. The minimum atomic E-state index is -4.77. The van der Waals surface area contributed by atoms with Crippen LogP contribution >= 0.6 is 0 Å². The van der Waals surface area contributed by atoms with Crippen molar-refractivity contribution >= 4 is 16.0 Å². The number of benzene rings is 1. The van der Waals surface area contributed by atoms with Gasteiger partial charge >= 0.3 is 12.1 Å². The SMILES string of the molecule is Cc1ccc(S(=O)(=O)N2C[C@@H](C(F)(F)F)[C@H](C(=O)O)C2)cc1C. The van der Waals surface area contributed by atoms with Crippen molar-refractivity contribution in [3.63, 3.8) is 0 Å². The van der Waals surface area contributed by atoms with Gasteiger partial charge in [-0.05, 0) is 37.1 Å². The minimum absolute atomic E-state index is 0.132. The Morgan fingerprint density at radius 1 is 1.22 bits per heavy atom. The maximum Gasteiger partial charge on any atom is 0.393 e. The zero-order valence-corrected chi connectivity index (χ0v) is 13.3. The molecule has 1 aliphatic heterocycles. The van der Waals surface area contributed by atoms with E-state index in [4.69, 9.17) is 5.11 Å². The van der Waals surface area contributed by atoms with Crippen molar-refractivity contribution in [1.29, 1.82) is 0 Å². The number of alkyl halides is 3. The molecule has 1 heterocycles. The Labute approximate surface area is 131 Å². The summed E-state index contributed by atoms with van der Waals surface area (Å²) in [6.07, 6.45) is -4.77. The molecule has 9 heteroatoms. The average Bonchev–Trinajstić information content (AvgIpc) is 2.87. The first-order valence-electron chi connectivity index (χ1n) is 6.81. The molecule has 2 rings (SSSR count). The fraction of sp³-hybridized carbons (Fsp3) is 0.500. The van der Waals surface area contributed by atoms with Gasteiger partial charge in [-0.2, -0.15) is 17.5 Å². The van der Waals surface area contributed by atoms with Crippen molar-refractivity contribution in [2.24, 2.45) is 11.8 Å². The highest BCUT2D eigenvalue weighted by molar-refractivity contribution is 7.89. The summed E-state index contributed by atoms with van der Waals surface area (Å²) in [6, 6.07) is 4.25. The Balaban J connectivity index is 2.38. The number of halogens is 3. The summed E-state index contributed by atoms with van der Waals surface area (Å²) < 4.78 is 64.5. The number of aryl methyl sites for hydroxylation is 2. The lowest BCUT2D eigenvalue weighted by Gasteiger charge is -2.18. The minimum Gasteiger partial charge on any atom is -0.481 e. The number of rotatable bonds is 3. The van der Waals surface area contributed by atoms with Gasteiger partial charge in [-0.25, -0.2) is 8.42 Å². The van der Waals surface area contributed by atoms with E-state index < -0.39 is 47.1 Å². The summed E-state index contributed by atoms with van der Waals surface area (Å²) in [7, 11) is -4.17. The summed E-state index contributed by atoms with van der Waals surface area (Å²) in [4.78, 5) is 10.9. The van der Waals surface area contributed by atoms with Crippen LogP contribution in [0.1, 0.15) is 11.1 Å². The number of nitrogens with zero attached hydrogens (tertiary/aromatic N) is 1. The molecule has 0 radical (unpaired) electrons. The number of hydrogen-bond donors (Lipinski definition) is 1. The Bertz CT molecular complexity index is 730. The molecule has 5 nitrogen and oxygen atoms in total. The number of carboxylic acids is 1. The maximum absolute atomic E-state index is 13.0. The summed E-state index contributed by atoms with van der Waals surface area (Å²) in [5.41, 5.74) is 1.54. The van der Waals surface area contributed by atoms with Gasteiger partial charge in [0.1, 0.15) is 0 Å². The first kappa shape index (κ1) is 17.7.